The standard InChI is InChI=1S/C3H5NO3/c1-2(4-7)3(5)6/h2H,1H3,(H,5,6)/t2-/m0/s1. The third kappa shape index (κ3) is 1.86. The monoisotopic (exact) mass is 103 g/mol. The van der Waals surface area contributed by atoms with Crippen molar-refractivity contribution < 1.29 is 9.90 Å². The van der Waals surface area contributed by atoms with Crippen LogP contribution < -0.4 is 0 Å². The summed E-state index contributed by atoms with van der Waals surface area (Å²) in [6.45, 7) is 1.22. The van der Waals surface area contributed by atoms with Crippen molar-refractivity contribution in [2.45, 2.75) is 13.0 Å². The first-order valence-corrected chi connectivity index (χ1v) is 1.73. The van der Waals surface area contributed by atoms with Crippen molar-refractivity contribution in [3.63, 3.8) is 0 Å². The second-order valence-corrected chi connectivity index (χ2v) is 1.12. The van der Waals surface area contributed by atoms with Crippen molar-refractivity contribution in [3.05, 3.63) is 4.91 Å². The molecule has 0 unspecified atom stereocenters. The van der Waals surface area contributed by atoms with Crippen molar-refractivity contribution in [2.75, 3.05) is 0 Å². The fourth-order valence-electron chi connectivity index (χ4n) is 0.0451. The van der Waals surface area contributed by atoms with Crippen LogP contribution in [0.4, 0.5) is 0 Å². The minimum Gasteiger partial charge on any atom is -0.480 e. The second-order valence-electron chi connectivity index (χ2n) is 1.12. The average Bonchev–Trinajstić information content (AvgIpc) is 1.65. The molecule has 0 saturated heterocycles. The Morgan fingerprint density at radius 3 is 2.29 bits per heavy atom. The minimum atomic E-state index is -1.19. The van der Waals surface area contributed by atoms with E-state index in [0.29, 0.717) is 0 Å². The van der Waals surface area contributed by atoms with Gasteiger partial charge in [-0.05, 0) is 6.92 Å². The molecule has 0 rings (SSSR count). The number of hydrogen-bond donors (Lipinski definition) is 1. The van der Waals surface area contributed by atoms with Gasteiger partial charge in [-0.15, -0.1) is 4.91 Å². The number of carbonyl (C=O) groups is 1. The van der Waals surface area contributed by atoms with Crippen LogP contribution in [0.1, 0.15) is 6.92 Å². The van der Waals surface area contributed by atoms with E-state index in [4.69, 9.17) is 5.11 Å². The van der Waals surface area contributed by atoms with E-state index in [-0.39, 0.29) is 0 Å². The molecule has 0 fully saturated rings. The van der Waals surface area contributed by atoms with Gasteiger partial charge in [0.15, 0.2) is 6.04 Å². The highest BCUT2D eigenvalue weighted by molar-refractivity contribution is 5.72. The Balaban J connectivity index is 3.55. The first kappa shape index (κ1) is 6.07. The largest absolute Gasteiger partial charge is 0.480 e. The van der Waals surface area contributed by atoms with Crippen LogP contribution in [-0.2, 0) is 4.79 Å². The first-order chi connectivity index (χ1) is 3.18. The van der Waals surface area contributed by atoms with E-state index in [1.807, 2.05) is 0 Å². The van der Waals surface area contributed by atoms with Crippen LogP contribution >= 0.6 is 0 Å². The van der Waals surface area contributed by atoms with E-state index in [1.165, 1.54) is 6.92 Å². The van der Waals surface area contributed by atoms with Gasteiger partial charge in [-0.1, -0.05) is 5.18 Å². The number of nitrogens with zero attached hydrogens (tertiary/aromatic N) is 1. The maximum absolute atomic E-state index is 9.64. The fraction of sp³-hybridized carbons (Fsp3) is 0.667. The van der Waals surface area contributed by atoms with E-state index in [9.17, 15) is 9.70 Å². The van der Waals surface area contributed by atoms with Crippen LogP contribution in [0, 0.1) is 4.91 Å². The lowest BCUT2D eigenvalue weighted by Crippen LogP contribution is -2.11. The van der Waals surface area contributed by atoms with Gasteiger partial charge in [-0.3, -0.25) is 0 Å². The van der Waals surface area contributed by atoms with Crippen LogP contribution in [0.2, 0.25) is 0 Å². The SMILES string of the molecule is C[C@H](N=O)C(=O)O. The predicted molar refractivity (Wildman–Crippen MR) is 22.9 cm³/mol. The lowest BCUT2D eigenvalue weighted by Gasteiger charge is -1.87. The average molecular weight is 103 g/mol. The Bertz CT molecular complexity index is 90.2. The molecule has 0 amide bonds. The molecule has 1 atom stereocenters. The zero-order valence-corrected chi connectivity index (χ0v) is 3.79. The lowest BCUT2D eigenvalue weighted by molar-refractivity contribution is -0.138. The number of hydrogen-bond acceptors (Lipinski definition) is 3. The molecule has 0 aromatic carbocycles. The Labute approximate surface area is 40.1 Å². The molecule has 0 aliphatic heterocycles. The predicted octanol–water partition coefficient (Wildman–Crippen LogP) is 0.226. The van der Waals surface area contributed by atoms with Gasteiger partial charge in [0.05, 0.1) is 0 Å². The third-order valence-electron chi connectivity index (χ3n) is 0.516. The normalized spacial score (nSPS) is 12.7. The molecule has 1 N–H and O–H groups in total. The Morgan fingerprint density at radius 1 is 1.86 bits per heavy atom. The van der Waals surface area contributed by atoms with Crippen LogP contribution in [0.25, 0.3) is 0 Å². The van der Waals surface area contributed by atoms with E-state index in [2.05, 4.69) is 5.18 Å². The highest BCUT2D eigenvalue weighted by Gasteiger charge is 2.07. The van der Waals surface area contributed by atoms with E-state index >= 15 is 0 Å². The van der Waals surface area contributed by atoms with Crippen LogP contribution in [-0.4, -0.2) is 17.1 Å². The molecular weight excluding hydrogens is 98.0 g/mol. The first-order valence-electron chi connectivity index (χ1n) is 1.73. The molecule has 0 bridgehead atoms. The van der Waals surface area contributed by atoms with Crippen LogP contribution in [0.3, 0.4) is 0 Å². The van der Waals surface area contributed by atoms with Crippen LogP contribution in [0.5, 0.6) is 0 Å². The number of carboxylic acid groups (broad SMARTS) is 1. The van der Waals surface area contributed by atoms with Gasteiger partial charge in [-0.25, -0.2) is 4.79 Å². The topological polar surface area (TPSA) is 66.7 Å². The lowest BCUT2D eigenvalue weighted by atomic mass is 10.4. The van der Waals surface area contributed by atoms with Crippen LogP contribution in [0.15, 0.2) is 5.18 Å². The summed E-state index contributed by atoms with van der Waals surface area (Å²) in [5.41, 5.74) is 0. The van der Waals surface area contributed by atoms with E-state index in [0.717, 1.165) is 0 Å². The van der Waals surface area contributed by atoms with Crippen molar-refractivity contribution in [2.24, 2.45) is 5.18 Å². The summed E-state index contributed by atoms with van der Waals surface area (Å²) in [6.07, 6.45) is 0. The van der Waals surface area contributed by atoms with E-state index in [1.54, 1.807) is 0 Å². The van der Waals surface area contributed by atoms with E-state index < -0.39 is 12.0 Å². The molecule has 0 aromatic rings. The van der Waals surface area contributed by atoms with Gasteiger partial charge in [-0.2, -0.15) is 0 Å². The Kier molecular flexibility index (Phi) is 1.98. The molecule has 0 aromatic heterocycles. The molecular formula is C3H5NO3. The zero-order chi connectivity index (χ0) is 5.86. The van der Waals surface area contributed by atoms with Crippen molar-refractivity contribution in [3.8, 4) is 0 Å². The molecule has 7 heavy (non-hydrogen) atoms. The molecule has 0 heterocycles. The number of rotatable bonds is 2. The summed E-state index contributed by atoms with van der Waals surface area (Å²) >= 11 is 0. The molecule has 0 radical (unpaired) electrons. The molecule has 0 saturated carbocycles. The summed E-state index contributed by atoms with van der Waals surface area (Å²) in [5, 5.41) is 10.1. The number of aliphatic carboxylic acids is 1. The zero-order valence-electron chi connectivity index (χ0n) is 3.79. The molecule has 4 nitrogen and oxygen atoms in total. The quantitative estimate of drug-likeness (QED) is 0.508. The second kappa shape index (κ2) is 2.28. The molecule has 4 heteroatoms. The molecule has 40 valence electrons. The van der Waals surface area contributed by atoms with Gasteiger partial charge < -0.3 is 5.11 Å². The number of nitroso groups, excluding NO2 is 1. The highest BCUT2D eigenvalue weighted by atomic mass is 16.4. The minimum absolute atomic E-state index is 1.11. The van der Waals surface area contributed by atoms with Gasteiger partial charge in [0.1, 0.15) is 0 Å². The fourth-order valence-corrected chi connectivity index (χ4v) is 0.0451. The maximum atomic E-state index is 9.64. The van der Waals surface area contributed by atoms with Gasteiger partial charge in [0.2, 0.25) is 0 Å². The van der Waals surface area contributed by atoms with Gasteiger partial charge >= 0.3 is 5.97 Å². The summed E-state index contributed by atoms with van der Waals surface area (Å²) < 4.78 is 0. The molecule has 0 aliphatic carbocycles. The summed E-state index contributed by atoms with van der Waals surface area (Å²) in [5.74, 6) is -1.19. The van der Waals surface area contributed by atoms with Crippen molar-refractivity contribution >= 4 is 5.97 Å². The molecule has 0 aliphatic rings. The smallest absolute Gasteiger partial charge is 0.331 e. The highest BCUT2D eigenvalue weighted by Crippen LogP contribution is 1.84. The summed E-state index contributed by atoms with van der Waals surface area (Å²) in [7, 11) is 0. The van der Waals surface area contributed by atoms with Crippen molar-refractivity contribution in [1.82, 2.24) is 0 Å². The maximum Gasteiger partial charge on any atom is 0.331 e. The summed E-state index contributed by atoms with van der Waals surface area (Å²) in [4.78, 5) is 19.0. The molecule has 0 spiro atoms. The summed E-state index contributed by atoms with van der Waals surface area (Å²) in [6, 6.07) is -1.11. The van der Waals surface area contributed by atoms with Gasteiger partial charge in [0, 0.05) is 0 Å². The van der Waals surface area contributed by atoms with Gasteiger partial charge in [0.25, 0.3) is 0 Å². The number of carboxylic acids is 1. The van der Waals surface area contributed by atoms with Crippen molar-refractivity contribution in [1.29, 1.82) is 0 Å². The Hall–Kier alpha value is -0.930. The third-order valence-corrected chi connectivity index (χ3v) is 0.516. The Morgan fingerprint density at radius 2 is 2.29 bits per heavy atom.